The van der Waals surface area contributed by atoms with Crippen LogP contribution in [0, 0.1) is 13.8 Å². The average Bonchev–Trinajstić information content (AvgIpc) is 3.45. The highest BCUT2D eigenvalue weighted by Crippen LogP contribution is 2.27. The Kier molecular flexibility index (Phi) is 5.17. The van der Waals surface area contributed by atoms with Crippen molar-refractivity contribution in [1.82, 2.24) is 19.7 Å². The van der Waals surface area contributed by atoms with Gasteiger partial charge in [-0.1, -0.05) is 52.8 Å². The Morgan fingerprint density at radius 1 is 1.06 bits per heavy atom. The molecule has 0 atom stereocenters. The van der Waals surface area contributed by atoms with Crippen molar-refractivity contribution in [2.24, 2.45) is 0 Å². The molecule has 0 fully saturated rings. The van der Waals surface area contributed by atoms with Gasteiger partial charge in [-0.25, -0.2) is 4.98 Å². The van der Waals surface area contributed by atoms with Gasteiger partial charge >= 0.3 is 0 Å². The number of hydrogen-bond donors (Lipinski definition) is 0. The molecule has 0 saturated heterocycles. The van der Waals surface area contributed by atoms with Gasteiger partial charge in [0.2, 0.25) is 11.7 Å². The van der Waals surface area contributed by atoms with Crippen molar-refractivity contribution in [3.63, 3.8) is 0 Å². The quantitative estimate of drug-likeness (QED) is 0.266. The van der Waals surface area contributed by atoms with Crippen LogP contribution in [0.4, 0.5) is 0 Å². The van der Waals surface area contributed by atoms with E-state index in [4.69, 9.17) is 9.51 Å². The second-order valence-electron chi connectivity index (χ2n) is 7.12. The van der Waals surface area contributed by atoms with Gasteiger partial charge in [0, 0.05) is 0 Å². The van der Waals surface area contributed by atoms with Crippen molar-refractivity contribution < 1.29 is 4.52 Å². The van der Waals surface area contributed by atoms with E-state index in [2.05, 4.69) is 16.2 Å². The summed E-state index contributed by atoms with van der Waals surface area (Å²) in [7, 11) is 0. The lowest BCUT2D eigenvalue weighted by Crippen LogP contribution is -2.22. The first kappa shape index (κ1) is 19.7. The summed E-state index contributed by atoms with van der Waals surface area (Å²) < 4.78 is 7.10. The van der Waals surface area contributed by atoms with Crippen LogP contribution in [0.15, 0.2) is 74.5 Å². The molecule has 6 nitrogen and oxygen atoms in total. The van der Waals surface area contributed by atoms with E-state index in [1.165, 1.54) is 11.8 Å². The van der Waals surface area contributed by atoms with Gasteiger partial charge in [-0.2, -0.15) is 4.98 Å². The van der Waals surface area contributed by atoms with Gasteiger partial charge in [-0.3, -0.25) is 9.36 Å². The van der Waals surface area contributed by atoms with E-state index in [0.717, 1.165) is 21.7 Å². The molecule has 0 unspecified atom stereocenters. The molecular weight excluding hydrogens is 428 g/mol. The van der Waals surface area contributed by atoms with Crippen LogP contribution in [0.3, 0.4) is 0 Å². The second kappa shape index (κ2) is 8.13. The molecule has 5 rings (SSSR count). The average molecular weight is 447 g/mol. The number of aryl methyl sites for hydroxylation is 2. The largest absolute Gasteiger partial charge is 0.338 e. The molecule has 154 valence electrons. The smallest absolute Gasteiger partial charge is 0.266 e. The normalized spacial score (nSPS) is 11.3. The Bertz CT molecular complexity index is 1440. The van der Waals surface area contributed by atoms with Crippen LogP contribution in [-0.4, -0.2) is 19.7 Å². The minimum absolute atomic E-state index is 0.0927. The lowest BCUT2D eigenvalue weighted by molar-refractivity contribution is 0.391. The molecule has 0 spiro atoms. The summed E-state index contributed by atoms with van der Waals surface area (Å²) in [5.41, 5.74) is 3.55. The van der Waals surface area contributed by atoms with Gasteiger partial charge in [0.1, 0.15) is 0 Å². The molecule has 3 heterocycles. The molecule has 0 bridgehead atoms. The Morgan fingerprint density at radius 2 is 1.94 bits per heavy atom. The number of nitrogens with zero attached hydrogens (tertiary/aromatic N) is 4. The summed E-state index contributed by atoms with van der Waals surface area (Å²) in [5, 5.41) is 7.22. The topological polar surface area (TPSA) is 73.8 Å². The van der Waals surface area contributed by atoms with Crippen LogP contribution in [0.1, 0.15) is 17.0 Å². The maximum atomic E-state index is 13.4. The van der Waals surface area contributed by atoms with Gasteiger partial charge < -0.3 is 4.52 Å². The molecule has 0 saturated carbocycles. The van der Waals surface area contributed by atoms with Gasteiger partial charge in [0.05, 0.1) is 27.2 Å². The minimum Gasteiger partial charge on any atom is -0.338 e. The summed E-state index contributed by atoms with van der Waals surface area (Å²) in [4.78, 5) is 23.6. The molecule has 3 aromatic heterocycles. The van der Waals surface area contributed by atoms with E-state index in [1.54, 1.807) is 15.9 Å². The van der Waals surface area contributed by atoms with Gasteiger partial charge in [0.25, 0.3) is 5.56 Å². The zero-order chi connectivity index (χ0) is 21.4. The van der Waals surface area contributed by atoms with E-state index in [1.807, 2.05) is 67.8 Å². The number of benzene rings is 2. The second-order valence-corrected chi connectivity index (χ2v) is 9.01. The highest BCUT2D eigenvalue weighted by atomic mass is 32.2. The van der Waals surface area contributed by atoms with Crippen LogP contribution < -0.4 is 5.56 Å². The number of rotatable bonds is 5. The summed E-state index contributed by atoms with van der Waals surface area (Å²) >= 11 is 2.97. The van der Waals surface area contributed by atoms with Crippen LogP contribution in [0.25, 0.3) is 27.3 Å². The first-order valence-electron chi connectivity index (χ1n) is 9.69. The van der Waals surface area contributed by atoms with Gasteiger partial charge in [0.15, 0.2) is 5.16 Å². The van der Waals surface area contributed by atoms with E-state index >= 15 is 0 Å². The summed E-state index contributed by atoms with van der Waals surface area (Å²) in [6.45, 7) is 4.04. The third-order valence-electron chi connectivity index (χ3n) is 4.87. The first-order valence-corrected chi connectivity index (χ1v) is 11.6. The molecule has 0 aliphatic heterocycles. The summed E-state index contributed by atoms with van der Waals surface area (Å²) in [5.74, 6) is 1.47. The van der Waals surface area contributed by atoms with E-state index in [9.17, 15) is 4.79 Å². The molecule has 5 aromatic rings. The lowest BCUT2D eigenvalue weighted by Gasteiger charge is -2.15. The minimum atomic E-state index is -0.0927. The Balaban J connectivity index is 1.56. The number of fused-ring (bicyclic) bond motifs is 1. The van der Waals surface area contributed by atoms with Crippen LogP contribution >= 0.6 is 23.1 Å². The van der Waals surface area contributed by atoms with E-state index < -0.39 is 0 Å². The number of thiophene rings is 1. The number of thioether (sulfide) groups is 1. The lowest BCUT2D eigenvalue weighted by atomic mass is 10.1. The van der Waals surface area contributed by atoms with Crippen molar-refractivity contribution in [3.8, 4) is 16.4 Å². The molecule has 8 heteroatoms. The molecule has 0 aliphatic carbocycles. The van der Waals surface area contributed by atoms with Gasteiger partial charge in [-0.15, -0.1) is 11.3 Å². The van der Waals surface area contributed by atoms with Gasteiger partial charge in [-0.05, 0) is 49.1 Å². The molecule has 0 amide bonds. The predicted molar refractivity (Wildman–Crippen MR) is 124 cm³/mol. The highest BCUT2D eigenvalue weighted by Gasteiger charge is 2.17. The SMILES string of the molecule is Cc1ccc(-n2c(SCc3nc(-c4cccs4)no3)nc3ccccc3c2=O)c(C)c1. The summed E-state index contributed by atoms with van der Waals surface area (Å²) in [6.07, 6.45) is 0. The molecule has 0 radical (unpaired) electrons. The molecule has 2 aromatic carbocycles. The van der Waals surface area contributed by atoms with Crippen molar-refractivity contribution in [2.45, 2.75) is 24.8 Å². The number of para-hydroxylation sites is 1. The Morgan fingerprint density at radius 3 is 2.74 bits per heavy atom. The maximum absolute atomic E-state index is 13.4. The van der Waals surface area contributed by atoms with Crippen molar-refractivity contribution >= 4 is 34.0 Å². The van der Waals surface area contributed by atoms with Crippen molar-refractivity contribution in [3.05, 3.63) is 87.3 Å². The summed E-state index contributed by atoms with van der Waals surface area (Å²) in [6, 6.07) is 17.3. The van der Waals surface area contributed by atoms with E-state index in [-0.39, 0.29) is 5.56 Å². The Labute approximate surface area is 186 Å². The van der Waals surface area contributed by atoms with Crippen LogP contribution in [0.2, 0.25) is 0 Å². The fraction of sp³-hybridized carbons (Fsp3) is 0.130. The first-order chi connectivity index (χ1) is 15.1. The van der Waals surface area contributed by atoms with Crippen LogP contribution in [-0.2, 0) is 5.75 Å². The number of hydrogen-bond acceptors (Lipinski definition) is 7. The standard InChI is InChI=1S/C23H18N4O2S2/c1-14-9-10-18(15(2)12-14)27-22(28)16-6-3-4-7-17(16)24-23(27)31-13-20-25-21(26-29-20)19-8-5-11-30-19/h3-12H,13H2,1-2H3. The highest BCUT2D eigenvalue weighted by molar-refractivity contribution is 7.98. The fourth-order valence-electron chi connectivity index (χ4n) is 3.42. The molecule has 0 N–H and O–H groups in total. The van der Waals surface area contributed by atoms with Crippen molar-refractivity contribution in [2.75, 3.05) is 0 Å². The fourth-order valence-corrected chi connectivity index (χ4v) is 4.92. The third-order valence-corrected chi connectivity index (χ3v) is 6.66. The molecule has 0 aliphatic rings. The third kappa shape index (κ3) is 3.80. The Hall–Kier alpha value is -3.23. The van der Waals surface area contributed by atoms with Crippen molar-refractivity contribution in [1.29, 1.82) is 0 Å². The van der Waals surface area contributed by atoms with E-state index in [0.29, 0.717) is 33.5 Å². The zero-order valence-electron chi connectivity index (χ0n) is 16.9. The van der Waals surface area contributed by atoms with Crippen LogP contribution in [0.5, 0.6) is 0 Å². The number of aromatic nitrogens is 4. The monoisotopic (exact) mass is 446 g/mol. The maximum Gasteiger partial charge on any atom is 0.266 e. The molecular formula is C23H18N4O2S2. The zero-order valence-corrected chi connectivity index (χ0v) is 18.5. The predicted octanol–water partition coefficient (Wildman–Crippen LogP) is 5.41. The molecule has 31 heavy (non-hydrogen) atoms.